The van der Waals surface area contributed by atoms with Gasteiger partial charge in [0.15, 0.2) is 11.4 Å². The van der Waals surface area contributed by atoms with Gasteiger partial charge in [-0.3, -0.25) is 4.79 Å². The molecule has 0 bridgehead atoms. The molecule has 6 rings (SSSR count). The largest absolute Gasteiger partial charge is 0.480 e. The van der Waals surface area contributed by atoms with Crippen LogP contribution in [0.5, 0.6) is 0 Å². The maximum Gasteiger partial charge on any atom is 0.326 e. The van der Waals surface area contributed by atoms with E-state index in [1.54, 1.807) is 11.8 Å². The summed E-state index contributed by atoms with van der Waals surface area (Å²) in [7, 11) is 0. The van der Waals surface area contributed by atoms with Crippen LogP contribution in [-0.2, 0) is 16.2 Å². The molecule has 1 saturated heterocycles. The molecule has 40 heavy (non-hydrogen) atoms. The molecule has 0 aliphatic carbocycles. The second-order valence-electron chi connectivity index (χ2n) is 10.2. The number of nitrogens with one attached hydrogen (secondary N) is 1. The number of hydrogen-bond acceptors (Lipinski definition) is 7. The molecule has 202 valence electrons. The number of amides is 1. The van der Waals surface area contributed by atoms with Crippen LogP contribution >= 0.6 is 0 Å². The molecule has 9 heteroatoms. The highest BCUT2D eigenvalue weighted by atomic mass is 16.4. The van der Waals surface area contributed by atoms with Crippen molar-refractivity contribution in [2.75, 3.05) is 16.8 Å². The Morgan fingerprint density at radius 3 is 2.40 bits per heavy atom. The second-order valence-corrected chi connectivity index (χ2v) is 10.2. The summed E-state index contributed by atoms with van der Waals surface area (Å²) in [6, 6.07) is 21.9. The van der Waals surface area contributed by atoms with E-state index in [-0.39, 0.29) is 24.9 Å². The van der Waals surface area contributed by atoms with Gasteiger partial charge in [0.25, 0.3) is 0 Å². The van der Waals surface area contributed by atoms with E-state index in [1.165, 1.54) is 0 Å². The zero-order valence-corrected chi connectivity index (χ0v) is 21.9. The van der Waals surface area contributed by atoms with Crippen LogP contribution in [0.15, 0.2) is 77.2 Å². The standard InChI is InChI=1S/C31H28N4O5/c1-18-32-28-24-4-2-3-5-26(24)40-29(28)30(33-18)35-16-20(14-25(35)31(38)39)15-27(37)34-23-12-10-22(11-13-23)21-8-6-19(17-36)7-9-21/h2-13,20,25,36H,14-17H2,1H3,(H,34,37)(H,38,39)/t20-,25+/m1/s1. The molecule has 0 radical (unpaired) electrons. The van der Waals surface area contributed by atoms with E-state index in [2.05, 4.69) is 15.3 Å². The average molecular weight is 537 g/mol. The van der Waals surface area contributed by atoms with Crippen molar-refractivity contribution in [1.82, 2.24) is 9.97 Å². The topological polar surface area (TPSA) is 129 Å². The van der Waals surface area contributed by atoms with Crippen LogP contribution in [0, 0.1) is 12.8 Å². The molecule has 0 spiro atoms. The lowest BCUT2D eigenvalue weighted by Crippen LogP contribution is -2.36. The zero-order chi connectivity index (χ0) is 27.8. The Morgan fingerprint density at radius 2 is 1.70 bits per heavy atom. The third kappa shape index (κ3) is 4.87. The monoisotopic (exact) mass is 536 g/mol. The summed E-state index contributed by atoms with van der Waals surface area (Å²) >= 11 is 0. The van der Waals surface area contributed by atoms with Crippen LogP contribution in [0.25, 0.3) is 33.2 Å². The fourth-order valence-electron chi connectivity index (χ4n) is 5.44. The highest BCUT2D eigenvalue weighted by Crippen LogP contribution is 2.38. The molecule has 2 atom stereocenters. The number of carbonyl (C=O) groups excluding carboxylic acids is 1. The minimum absolute atomic E-state index is 0.000164. The first-order valence-electron chi connectivity index (χ1n) is 13.1. The first-order chi connectivity index (χ1) is 19.4. The first kappa shape index (κ1) is 25.5. The van der Waals surface area contributed by atoms with Crippen molar-refractivity contribution in [2.45, 2.75) is 32.4 Å². The lowest BCUT2D eigenvalue weighted by molar-refractivity contribution is -0.138. The lowest BCUT2D eigenvalue weighted by atomic mass is 10.0. The van der Waals surface area contributed by atoms with Gasteiger partial charge >= 0.3 is 5.97 Å². The van der Waals surface area contributed by atoms with Crippen molar-refractivity contribution in [1.29, 1.82) is 0 Å². The number of aliphatic hydroxyl groups excluding tert-OH is 1. The van der Waals surface area contributed by atoms with Crippen LogP contribution in [0.4, 0.5) is 11.5 Å². The average Bonchev–Trinajstić information content (AvgIpc) is 3.55. The van der Waals surface area contributed by atoms with Crippen LogP contribution in [-0.4, -0.2) is 44.6 Å². The van der Waals surface area contributed by atoms with E-state index in [1.807, 2.05) is 72.8 Å². The number of para-hydroxylation sites is 1. The van der Waals surface area contributed by atoms with E-state index in [9.17, 15) is 19.8 Å². The molecule has 9 nitrogen and oxygen atoms in total. The smallest absolute Gasteiger partial charge is 0.326 e. The third-order valence-corrected chi connectivity index (χ3v) is 7.37. The summed E-state index contributed by atoms with van der Waals surface area (Å²) < 4.78 is 6.08. The molecule has 2 aromatic heterocycles. The van der Waals surface area contributed by atoms with Gasteiger partial charge < -0.3 is 24.8 Å². The number of fused-ring (bicyclic) bond motifs is 3. The number of carboxylic acids is 1. The van der Waals surface area contributed by atoms with Gasteiger partial charge in [-0.25, -0.2) is 14.8 Å². The summed E-state index contributed by atoms with van der Waals surface area (Å²) in [6.07, 6.45) is 0.494. The van der Waals surface area contributed by atoms with Gasteiger partial charge in [0.1, 0.15) is 23.0 Å². The number of nitrogens with zero attached hydrogens (tertiary/aromatic N) is 3. The number of anilines is 2. The van der Waals surface area contributed by atoms with Crippen LogP contribution in [0.1, 0.15) is 24.2 Å². The summed E-state index contributed by atoms with van der Waals surface area (Å²) in [6.45, 7) is 2.13. The fourth-order valence-corrected chi connectivity index (χ4v) is 5.44. The van der Waals surface area contributed by atoms with Crippen molar-refractivity contribution in [3.8, 4) is 11.1 Å². The molecular weight excluding hydrogens is 508 g/mol. The molecule has 3 aromatic carbocycles. The molecule has 1 aliphatic heterocycles. The number of benzene rings is 3. The Labute approximate surface area is 230 Å². The fraction of sp³-hybridized carbons (Fsp3) is 0.226. The second kappa shape index (κ2) is 10.4. The zero-order valence-electron chi connectivity index (χ0n) is 21.9. The number of carbonyl (C=O) groups is 2. The van der Waals surface area contributed by atoms with Crippen LogP contribution < -0.4 is 10.2 Å². The van der Waals surface area contributed by atoms with Crippen molar-refractivity contribution in [2.24, 2.45) is 5.92 Å². The molecule has 1 fully saturated rings. The van der Waals surface area contributed by atoms with E-state index in [4.69, 9.17) is 4.42 Å². The molecular formula is C31H28N4O5. The summed E-state index contributed by atoms with van der Waals surface area (Å²) in [5.41, 5.74) is 5.29. The number of aryl methyl sites for hydroxylation is 1. The summed E-state index contributed by atoms with van der Waals surface area (Å²) in [5.74, 6) is -0.362. The quantitative estimate of drug-likeness (QED) is 0.260. The van der Waals surface area contributed by atoms with E-state index < -0.39 is 12.0 Å². The Balaban J connectivity index is 1.18. The van der Waals surface area contributed by atoms with E-state index in [0.717, 1.165) is 22.1 Å². The van der Waals surface area contributed by atoms with Gasteiger partial charge in [0, 0.05) is 24.0 Å². The third-order valence-electron chi connectivity index (χ3n) is 7.37. The summed E-state index contributed by atoms with van der Waals surface area (Å²) in [4.78, 5) is 36.1. The Hall–Kier alpha value is -4.76. The van der Waals surface area contributed by atoms with Crippen molar-refractivity contribution in [3.63, 3.8) is 0 Å². The number of rotatable bonds is 7. The van der Waals surface area contributed by atoms with Gasteiger partial charge in [-0.15, -0.1) is 0 Å². The number of carboxylic acid groups (broad SMARTS) is 1. The number of aliphatic carboxylic acids is 1. The molecule has 1 aliphatic rings. The van der Waals surface area contributed by atoms with E-state index in [0.29, 0.717) is 47.0 Å². The van der Waals surface area contributed by atoms with Crippen molar-refractivity contribution < 1.29 is 24.2 Å². The van der Waals surface area contributed by atoms with Gasteiger partial charge in [-0.2, -0.15) is 0 Å². The molecule has 0 unspecified atom stereocenters. The molecule has 3 heterocycles. The van der Waals surface area contributed by atoms with Gasteiger partial charge in [0.2, 0.25) is 5.91 Å². The van der Waals surface area contributed by atoms with Gasteiger partial charge in [-0.1, -0.05) is 48.5 Å². The lowest BCUT2D eigenvalue weighted by Gasteiger charge is -2.22. The minimum Gasteiger partial charge on any atom is -0.480 e. The van der Waals surface area contributed by atoms with Crippen molar-refractivity contribution >= 4 is 45.5 Å². The number of aromatic nitrogens is 2. The predicted octanol–water partition coefficient (Wildman–Crippen LogP) is 5.15. The normalized spacial score (nSPS) is 17.0. The molecule has 1 amide bonds. The SMILES string of the molecule is Cc1nc(N2C[C@@H](CC(=O)Nc3ccc(-c4ccc(CO)cc4)cc3)C[C@H]2C(=O)O)c2oc3ccccc3c2n1. The molecule has 0 saturated carbocycles. The number of furan rings is 1. The Bertz CT molecular complexity index is 1710. The molecule has 5 aromatic rings. The van der Waals surface area contributed by atoms with Crippen LogP contribution in [0.2, 0.25) is 0 Å². The predicted molar refractivity (Wildman–Crippen MR) is 152 cm³/mol. The number of aliphatic hydroxyl groups is 1. The van der Waals surface area contributed by atoms with Crippen LogP contribution in [0.3, 0.4) is 0 Å². The Kier molecular flexibility index (Phi) is 6.65. The highest BCUT2D eigenvalue weighted by molar-refractivity contribution is 6.06. The maximum absolute atomic E-state index is 13.0. The van der Waals surface area contributed by atoms with E-state index >= 15 is 0 Å². The summed E-state index contributed by atoms with van der Waals surface area (Å²) in [5, 5.41) is 23.1. The highest BCUT2D eigenvalue weighted by Gasteiger charge is 2.40. The first-order valence-corrected chi connectivity index (χ1v) is 13.1. The minimum atomic E-state index is -0.967. The Morgan fingerprint density at radius 1 is 1.00 bits per heavy atom. The number of hydrogen-bond donors (Lipinski definition) is 3. The van der Waals surface area contributed by atoms with Gasteiger partial charge in [-0.05, 0) is 60.2 Å². The van der Waals surface area contributed by atoms with Crippen molar-refractivity contribution in [3.05, 3.63) is 84.2 Å². The van der Waals surface area contributed by atoms with Gasteiger partial charge in [0.05, 0.1) is 6.61 Å². The maximum atomic E-state index is 13.0. The molecule has 3 N–H and O–H groups in total.